The summed E-state index contributed by atoms with van der Waals surface area (Å²) in [6, 6.07) is 0. The maximum Gasteiger partial charge on any atom is 0.143 e. The van der Waals surface area contributed by atoms with Crippen molar-refractivity contribution >= 4 is 11.6 Å². The Morgan fingerprint density at radius 1 is 0.463 bits per heavy atom. The van der Waals surface area contributed by atoms with Crippen molar-refractivity contribution in [2.45, 2.75) is 200 Å². The van der Waals surface area contributed by atoms with Crippen molar-refractivity contribution in [3.63, 3.8) is 0 Å². The fraction of sp³-hybridized carbons (Fsp3) is 0.946. The van der Waals surface area contributed by atoms with Crippen LogP contribution in [0.25, 0.3) is 0 Å². The molecule has 0 aliphatic rings. The molecule has 41 heavy (non-hydrogen) atoms. The minimum absolute atomic E-state index is 0.0878. The molecule has 0 atom stereocenters. The summed E-state index contributed by atoms with van der Waals surface area (Å²) < 4.78 is 0. The van der Waals surface area contributed by atoms with Gasteiger partial charge in [0.1, 0.15) is 11.6 Å². The van der Waals surface area contributed by atoms with Gasteiger partial charge in [0.15, 0.2) is 0 Å². The third-order valence-corrected chi connectivity index (χ3v) is 8.73. The summed E-state index contributed by atoms with van der Waals surface area (Å²) in [7, 11) is 0. The van der Waals surface area contributed by atoms with Crippen molar-refractivity contribution in [2.24, 2.45) is 5.92 Å². The summed E-state index contributed by atoms with van der Waals surface area (Å²) in [6.45, 7) is 5.78. The number of carbonyl (C=O) groups excluding carboxylic acids is 2. The van der Waals surface area contributed by atoms with Crippen LogP contribution >= 0.6 is 0 Å². The molecule has 244 valence electrons. The minimum atomic E-state index is -0.448. The van der Waals surface area contributed by atoms with E-state index in [0.717, 1.165) is 25.7 Å². The van der Waals surface area contributed by atoms with Gasteiger partial charge in [0.2, 0.25) is 0 Å². The molecule has 0 fully saturated rings. The summed E-state index contributed by atoms with van der Waals surface area (Å²) in [5.41, 5.74) is 0. The molecule has 0 aromatic heterocycles. The van der Waals surface area contributed by atoms with Crippen LogP contribution in [0.1, 0.15) is 200 Å². The van der Waals surface area contributed by atoms with Crippen molar-refractivity contribution in [1.29, 1.82) is 0 Å². The molecule has 4 heteroatoms. The van der Waals surface area contributed by atoms with Crippen LogP contribution in [-0.4, -0.2) is 36.4 Å². The van der Waals surface area contributed by atoms with E-state index in [1.165, 1.54) is 141 Å². The molecule has 0 amide bonds. The maximum absolute atomic E-state index is 13.0. The molecular formula is C37H73NO3. The highest BCUT2D eigenvalue weighted by atomic mass is 16.3. The van der Waals surface area contributed by atoms with Gasteiger partial charge in [-0.15, -0.1) is 0 Å². The van der Waals surface area contributed by atoms with Crippen molar-refractivity contribution in [1.82, 2.24) is 5.32 Å². The van der Waals surface area contributed by atoms with E-state index in [9.17, 15) is 9.59 Å². The second kappa shape index (κ2) is 33.8. The average molecular weight is 580 g/mol. The number of carbonyl (C=O) groups is 2. The number of nitrogens with one attached hydrogen (secondary N) is 1. The van der Waals surface area contributed by atoms with Crippen LogP contribution in [0.15, 0.2) is 0 Å². The molecule has 0 bridgehead atoms. The summed E-state index contributed by atoms with van der Waals surface area (Å²) in [5, 5.41) is 12.2. The largest absolute Gasteiger partial charge is 0.395 e. The highest BCUT2D eigenvalue weighted by Crippen LogP contribution is 2.18. The lowest BCUT2D eigenvalue weighted by Crippen LogP contribution is -2.29. The van der Waals surface area contributed by atoms with Crippen molar-refractivity contribution in [2.75, 3.05) is 19.7 Å². The van der Waals surface area contributed by atoms with Gasteiger partial charge in [-0.3, -0.25) is 9.59 Å². The fourth-order valence-corrected chi connectivity index (χ4v) is 5.93. The number of aliphatic hydroxyl groups is 1. The Morgan fingerprint density at radius 3 is 1.05 bits per heavy atom. The Kier molecular flexibility index (Phi) is 33.1. The molecule has 0 aromatic carbocycles. The highest BCUT2D eigenvalue weighted by Gasteiger charge is 2.24. The van der Waals surface area contributed by atoms with E-state index < -0.39 is 5.92 Å². The van der Waals surface area contributed by atoms with Gasteiger partial charge in [-0.1, -0.05) is 168 Å². The van der Waals surface area contributed by atoms with Crippen LogP contribution in [0.3, 0.4) is 0 Å². The predicted molar refractivity (Wildman–Crippen MR) is 179 cm³/mol. The SMILES string of the molecule is CCCCCCCCCCCCCCCC(=O)C(CCNCCO)C(=O)CCCCCCCCCCCCCCC. The molecule has 0 aliphatic heterocycles. The van der Waals surface area contributed by atoms with Gasteiger partial charge < -0.3 is 10.4 Å². The maximum atomic E-state index is 13.0. The minimum Gasteiger partial charge on any atom is -0.395 e. The van der Waals surface area contributed by atoms with E-state index in [1.54, 1.807) is 0 Å². The number of hydrogen-bond donors (Lipinski definition) is 2. The van der Waals surface area contributed by atoms with Gasteiger partial charge in [-0.2, -0.15) is 0 Å². The Balaban J connectivity index is 3.95. The lowest BCUT2D eigenvalue weighted by Gasteiger charge is -2.15. The third-order valence-electron chi connectivity index (χ3n) is 8.73. The van der Waals surface area contributed by atoms with E-state index in [1.807, 2.05) is 0 Å². The summed E-state index contributed by atoms with van der Waals surface area (Å²) in [4.78, 5) is 26.0. The number of aliphatic hydroxyl groups excluding tert-OH is 1. The number of ketones is 2. The van der Waals surface area contributed by atoms with Crippen molar-refractivity contribution < 1.29 is 14.7 Å². The Labute approximate surface area is 257 Å². The van der Waals surface area contributed by atoms with E-state index in [0.29, 0.717) is 32.4 Å². The number of Topliss-reactive ketones (excluding diaryl/α,β-unsaturated/α-hetero) is 2. The molecule has 0 radical (unpaired) electrons. The van der Waals surface area contributed by atoms with Crippen LogP contribution in [0, 0.1) is 5.92 Å². The molecule has 0 aliphatic carbocycles. The van der Waals surface area contributed by atoms with Crippen LogP contribution in [0.4, 0.5) is 0 Å². The molecule has 2 N–H and O–H groups in total. The molecular weight excluding hydrogens is 506 g/mol. The number of hydrogen-bond acceptors (Lipinski definition) is 4. The summed E-state index contributed by atoms with van der Waals surface area (Å²) >= 11 is 0. The van der Waals surface area contributed by atoms with Gasteiger partial charge in [-0.05, 0) is 25.8 Å². The second-order valence-corrected chi connectivity index (χ2v) is 12.7. The van der Waals surface area contributed by atoms with E-state index in [2.05, 4.69) is 19.2 Å². The van der Waals surface area contributed by atoms with Gasteiger partial charge in [-0.25, -0.2) is 0 Å². The third kappa shape index (κ3) is 29.1. The quantitative estimate of drug-likeness (QED) is 0.0579. The Hall–Kier alpha value is -0.740. The lowest BCUT2D eigenvalue weighted by molar-refractivity contribution is -0.133. The van der Waals surface area contributed by atoms with E-state index >= 15 is 0 Å². The average Bonchev–Trinajstić information content (AvgIpc) is 2.97. The molecule has 0 spiro atoms. The van der Waals surface area contributed by atoms with E-state index in [-0.39, 0.29) is 18.2 Å². The van der Waals surface area contributed by atoms with Gasteiger partial charge in [0, 0.05) is 19.4 Å². The first kappa shape index (κ1) is 40.3. The zero-order valence-electron chi connectivity index (χ0n) is 28.0. The van der Waals surface area contributed by atoms with Crippen LogP contribution in [0.5, 0.6) is 0 Å². The topological polar surface area (TPSA) is 66.4 Å². The standard InChI is InChI=1S/C37H73NO3/c1-3-5-7-9-11-13-15-17-19-21-23-25-27-29-36(40)35(31-32-38-33-34-39)37(41)30-28-26-24-22-20-18-16-14-12-10-8-6-4-2/h35,38-39H,3-34H2,1-2H3. The molecule has 0 saturated heterocycles. The normalized spacial score (nSPS) is 11.5. The monoisotopic (exact) mass is 580 g/mol. The first-order valence-corrected chi connectivity index (χ1v) is 18.5. The molecule has 0 heterocycles. The van der Waals surface area contributed by atoms with Crippen molar-refractivity contribution in [3.05, 3.63) is 0 Å². The molecule has 0 unspecified atom stereocenters. The number of rotatable bonds is 35. The zero-order chi connectivity index (χ0) is 30.1. The van der Waals surface area contributed by atoms with Crippen LogP contribution < -0.4 is 5.32 Å². The van der Waals surface area contributed by atoms with Gasteiger partial charge in [0.25, 0.3) is 0 Å². The van der Waals surface area contributed by atoms with Crippen LogP contribution in [-0.2, 0) is 9.59 Å². The highest BCUT2D eigenvalue weighted by molar-refractivity contribution is 6.02. The van der Waals surface area contributed by atoms with E-state index in [4.69, 9.17) is 5.11 Å². The Bertz CT molecular complexity index is 508. The first-order chi connectivity index (χ1) is 20.2. The summed E-state index contributed by atoms with van der Waals surface area (Å²) in [5.74, 6) is -0.145. The summed E-state index contributed by atoms with van der Waals surface area (Å²) in [6.07, 6.45) is 35.4. The van der Waals surface area contributed by atoms with Gasteiger partial charge >= 0.3 is 0 Å². The smallest absolute Gasteiger partial charge is 0.143 e. The molecule has 0 aromatic rings. The first-order valence-electron chi connectivity index (χ1n) is 18.5. The number of unbranched alkanes of at least 4 members (excludes halogenated alkanes) is 24. The van der Waals surface area contributed by atoms with Crippen molar-refractivity contribution in [3.8, 4) is 0 Å². The predicted octanol–water partition coefficient (Wildman–Crippen LogP) is 10.7. The molecule has 0 saturated carbocycles. The lowest BCUT2D eigenvalue weighted by atomic mass is 9.89. The second-order valence-electron chi connectivity index (χ2n) is 12.7. The van der Waals surface area contributed by atoms with Gasteiger partial charge in [0.05, 0.1) is 12.5 Å². The fourth-order valence-electron chi connectivity index (χ4n) is 5.93. The molecule has 4 nitrogen and oxygen atoms in total. The Morgan fingerprint density at radius 2 is 0.756 bits per heavy atom. The molecule has 0 rings (SSSR count). The zero-order valence-corrected chi connectivity index (χ0v) is 28.0. The van der Waals surface area contributed by atoms with Crippen LogP contribution in [0.2, 0.25) is 0 Å².